The monoisotopic (exact) mass is 418 g/mol. The highest BCUT2D eigenvalue weighted by molar-refractivity contribution is 7.88. The van der Waals surface area contributed by atoms with E-state index in [1.165, 1.54) is 42.2 Å². The molecule has 0 saturated heterocycles. The average molecular weight is 419 g/mol. The van der Waals surface area contributed by atoms with E-state index in [1.807, 2.05) is 13.0 Å². The molecule has 2 aromatic rings. The fourth-order valence-corrected chi connectivity index (χ4v) is 4.39. The summed E-state index contributed by atoms with van der Waals surface area (Å²) in [5, 5.41) is 2.87. The molecule has 0 radical (unpaired) electrons. The van der Waals surface area contributed by atoms with Crippen molar-refractivity contribution in [2.75, 3.05) is 12.8 Å². The zero-order valence-electron chi connectivity index (χ0n) is 16.8. The number of halogens is 1. The zero-order valence-corrected chi connectivity index (χ0v) is 17.6. The first kappa shape index (κ1) is 21.5. The highest BCUT2D eigenvalue weighted by atomic mass is 32.2. The van der Waals surface area contributed by atoms with Crippen LogP contribution in [0.25, 0.3) is 0 Å². The number of carbonyl (C=O) groups is 1. The molecule has 3 rings (SSSR count). The van der Waals surface area contributed by atoms with Gasteiger partial charge in [0.15, 0.2) is 0 Å². The largest absolute Gasteiger partial charge is 0.348 e. The van der Waals surface area contributed by atoms with Gasteiger partial charge < -0.3 is 5.32 Å². The summed E-state index contributed by atoms with van der Waals surface area (Å²) in [5.74, 6) is -0.916. The number of sulfonamides is 1. The number of amides is 1. The molecule has 0 aliphatic heterocycles. The van der Waals surface area contributed by atoms with Crippen LogP contribution < -0.4 is 5.32 Å². The number of nitrogens with one attached hydrogen (secondary N) is 1. The van der Waals surface area contributed by atoms with Gasteiger partial charge in [-0.1, -0.05) is 36.4 Å². The third-order valence-electron chi connectivity index (χ3n) is 5.34. The zero-order chi connectivity index (χ0) is 21.0. The Morgan fingerprint density at radius 2 is 1.83 bits per heavy atom. The Kier molecular flexibility index (Phi) is 6.70. The molecule has 0 heterocycles. The van der Waals surface area contributed by atoms with Crippen LogP contribution in [0.15, 0.2) is 42.5 Å². The summed E-state index contributed by atoms with van der Waals surface area (Å²) in [6.45, 7) is 1.33. The minimum atomic E-state index is -3.68. The van der Waals surface area contributed by atoms with Crippen LogP contribution in [0.4, 0.5) is 4.39 Å². The van der Waals surface area contributed by atoms with E-state index >= 15 is 0 Å². The second-order valence-electron chi connectivity index (χ2n) is 7.65. The van der Waals surface area contributed by atoms with Crippen LogP contribution in [0.1, 0.15) is 48.1 Å². The van der Waals surface area contributed by atoms with Gasteiger partial charge in [-0.25, -0.2) is 12.8 Å². The van der Waals surface area contributed by atoms with E-state index in [0.29, 0.717) is 0 Å². The molecule has 5 nitrogen and oxygen atoms in total. The first-order valence-electron chi connectivity index (χ1n) is 9.83. The molecule has 0 bridgehead atoms. The highest BCUT2D eigenvalue weighted by Gasteiger charge is 2.23. The minimum absolute atomic E-state index is 0.188. The topological polar surface area (TPSA) is 66.5 Å². The summed E-state index contributed by atoms with van der Waals surface area (Å²) in [6, 6.07) is 12.0. The molecule has 29 heavy (non-hydrogen) atoms. The first-order valence-corrected chi connectivity index (χ1v) is 11.7. The maximum absolute atomic E-state index is 13.9. The average Bonchev–Trinajstić information content (AvgIpc) is 2.68. The van der Waals surface area contributed by atoms with Gasteiger partial charge in [0.2, 0.25) is 15.9 Å². The molecular weight excluding hydrogens is 391 g/mol. The van der Waals surface area contributed by atoms with Crippen LogP contribution in [0.5, 0.6) is 0 Å². The smallest absolute Gasteiger partial charge is 0.235 e. The van der Waals surface area contributed by atoms with Gasteiger partial charge in [-0.15, -0.1) is 0 Å². The summed E-state index contributed by atoms with van der Waals surface area (Å²) >= 11 is 0. The Morgan fingerprint density at radius 1 is 1.14 bits per heavy atom. The number of aryl methyl sites for hydroxylation is 2. The van der Waals surface area contributed by atoms with Crippen molar-refractivity contribution < 1.29 is 17.6 Å². The van der Waals surface area contributed by atoms with E-state index in [9.17, 15) is 17.6 Å². The summed E-state index contributed by atoms with van der Waals surface area (Å²) in [4.78, 5) is 12.5. The second kappa shape index (κ2) is 9.05. The Hall–Kier alpha value is -2.25. The highest BCUT2D eigenvalue weighted by Crippen LogP contribution is 2.24. The Labute approximate surface area is 172 Å². The van der Waals surface area contributed by atoms with E-state index in [4.69, 9.17) is 0 Å². The number of fused-ring (bicyclic) bond motifs is 1. The molecule has 156 valence electrons. The number of hydrogen-bond donors (Lipinski definition) is 1. The van der Waals surface area contributed by atoms with Crippen molar-refractivity contribution in [2.24, 2.45) is 0 Å². The van der Waals surface area contributed by atoms with Crippen molar-refractivity contribution in [1.29, 1.82) is 0 Å². The predicted molar refractivity (Wildman–Crippen MR) is 111 cm³/mol. The second-order valence-corrected chi connectivity index (χ2v) is 9.63. The lowest BCUT2D eigenvalue weighted by atomic mass is 9.89. The molecule has 1 aliphatic rings. The molecule has 7 heteroatoms. The normalized spacial score (nSPS) is 15.0. The lowest BCUT2D eigenvalue weighted by Crippen LogP contribution is -2.40. The molecule has 1 N–H and O–H groups in total. The van der Waals surface area contributed by atoms with Crippen LogP contribution in [0.2, 0.25) is 0 Å². The van der Waals surface area contributed by atoms with E-state index in [1.54, 1.807) is 6.07 Å². The van der Waals surface area contributed by atoms with Crippen molar-refractivity contribution in [2.45, 2.75) is 45.2 Å². The fourth-order valence-electron chi connectivity index (χ4n) is 3.66. The van der Waals surface area contributed by atoms with Gasteiger partial charge in [0, 0.05) is 12.1 Å². The van der Waals surface area contributed by atoms with Gasteiger partial charge in [-0.3, -0.25) is 4.79 Å². The number of rotatable bonds is 7. The molecule has 0 saturated carbocycles. The molecule has 1 aliphatic carbocycles. The van der Waals surface area contributed by atoms with Crippen LogP contribution in [-0.4, -0.2) is 31.4 Å². The van der Waals surface area contributed by atoms with Crippen LogP contribution >= 0.6 is 0 Å². The van der Waals surface area contributed by atoms with Crippen LogP contribution in [0.3, 0.4) is 0 Å². The Bertz CT molecular complexity index is 991. The lowest BCUT2D eigenvalue weighted by molar-refractivity contribution is -0.122. The summed E-state index contributed by atoms with van der Waals surface area (Å²) in [6.07, 6.45) is 5.55. The standard InChI is InChI=1S/C22H27FN2O3S/c1-16(18-12-11-17-7-3-4-8-19(17)13-18)24-22(26)15-25(29(2,27)28)14-20-9-5-6-10-21(20)23/h5-6,9-13,16H,3-4,7-8,14-15H2,1-2H3,(H,24,26)/t16-/m1/s1. The molecule has 0 spiro atoms. The quantitative estimate of drug-likeness (QED) is 0.750. The van der Waals surface area contributed by atoms with E-state index in [-0.39, 0.29) is 24.7 Å². The summed E-state index contributed by atoms with van der Waals surface area (Å²) in [5.41, 5.74) is 3.92. The van der Waals surface area contributed by atoms with Crippen molar-refractivity contribution in [3.63, 3.8) is 0 Å². The Balaban J connectivity index is 1.67. The van der Waals surface area contributed by atoms with Crippen molar-refractivity contribution >= 4 is 15.9 Å². The van der Waals surface area contributed by atoms with Crippen LogP contribution in [-0.2, 0) is 34.2 Å². The van der Waals surface area contributed by atoms with Gasteiger partial charge in [-0.2, -0.15) is 4.31 Å². The molecule has 0 fully saturated rings. The van der Waals surface area contributed by atoms with E-state index in [0.717, 1.165) is 29.0 Å². The number of carbonyl (C=O) groups excluding carboxylic acids is 1. The van der Waals surface area contributed by atoms with Gasteiger partial charge in [0.05, 0.1) is 18.8 Å². The molecule has 2 aromatic carbocycles. The SMILES string of the molecule is C[C@@H](NC(=O)CN(Cc1ccccc1F)S(C)(=O)=O)c1ccc2c(c1)CCCC2. The molecule has 0 unspecified atom stereocenters. The summed E-state index contributed by atoms with van der Waals surface area (Å²) in [7, 11) is -3.68. The minimum Gasteiger partial charge on any atom is -0.348 e. The van der Waals surface area contributed by atoms with E-state index < -0.39 is 21.7 Å². The third-order valence-corrected chi connectivity index (χ3v) is 6.54. The van der Waals surface area contributed by atoms with Crippen molar-refractivity contribution in [1.82, 2.24) is 9.62 Å². The van der Waals surface area contributed by atoms with Gasteiger partial charge in [0.1, 0.15) is 5.82 Å². The van der Waals surface area contributed by atoms with Gasteiger partial charge in [0.25, 0.3) is 0 Å². The first-order chi connectivity index (χ1) is 13.7. The summed E-state index contributed by atoms with van der Waals surface area (Å²) < 4.78 is 39.2. The maximum Gasteiger partial charge on any atom is 0.235 e. The number of hydrogen-bond acceptors (Lipinski definition) is 3. The fraction of sp³-hybridized carbons (Fsp3) is 0.409. The van der Waals surface area contributed by atoms with Crippen molar-refractivity contribution in [3.8, 4) is 0 Å². The van der Waals surface area contributed by atoms with Gasteiger partial charge in [-0.05, 0) is 55.4 Å². The predicted octanol–water partition coefficient (Wildman–Crippen LogP) is 3.34. The molecule has 0 aromatic heterocycles. The molecule has 1 atom stereocenters. The van der Waals surface area contributed by atoms with Crippen molar-refractivity contribution in [3.05, 3.63) is 70.5 Å². The third kappa shape index (κ3) is 5.64. The van der Waals surface area contributed by atoms with Crippen LogP contribution in [0, 0.1) is 5.82 Å². The Morgan fingerprint density at radius 3 is 2.52 bits per heavy atom. The molecule has 1 amide bonds. The lowest BCUT2D eigenvalue weighted by Gasteiger charge is -2.23. The molecular formula is C22H27FN2O3S. The number of nitrogens with zero attached hydrogens (tertiary/aromatic N) is 1. The van der Waals surface area contributed by atoms with Gasteiger partial charge >= 0.3 is 0 Å². The van der Waals surface area contributed by atoms with E-state index in [2.05, 4.69) is 17.4 Å². The maximum atomic E-state index is 13.9. The number of benzene rings is 2.